The summed E-state index contributed by atoms with van der Waals surface area (Å²) in [5.74, 6) is 1.51. The normalized spacial score (nSPS) is 10.1. The van der Waals surface area contributed by atoms with E-state index < -0.39 is 0 Å². The van der Waals surface area contributed by atoms with Crippen LogP contribution < -0.4 is 4.74 Å². The Morgan fingerprint density at radius 3 is 1.67 bits per heavy atom. The molecule has 0 bridgehead atoms. The van der Waals surface area contributed by atoms with Gasteiger partial charge in [0.25, 0.3) is 0 Å². The van der Waals surface area contributed by atoms with E-state index in [1.165, 1.54) is 0 Å². The Kier molecular flexibility index (Phi) is 3.79. The molecule has 0 amide bonds. The summed E-state index contributed by atoms with van der Waals surface area (Å²) in [7, 11) is 0. The molecule has 0 N–H and O–H groups in total. The van der Waals surface area contributed by atoms with Crippen LogP contribution in [0, 0.1) is 0 Å². The molecule has 2 heteroatoms. The van der Waals surface area contributed by atoms with Crippen molar-refractivity contribution in [2.45, 2.75) is 0 Å². The molecule has 0 aromatic heterocycles. The van der Waals surface area contributed by atoms with Crippen LogP contribution >= 0.6 is 0 Å². The van der Waals surface area contributed by atoms with Gasteiger partial charge >= 0.3 is 0 Å². The van der Waals surface area contributed by atoms with Crippen molar-refractivity contribution in [1.29, 1.82) is 0 Å². The largest absolute Gasteiger partial charge is 0.457 e. The Morgan fingerprint density at radius 2 is 1.05 bits per heavy atom. The van der Waals surface area contributed by atoms with Gasteiger partial charge in [-0.2, -0.15) is 0 Å². The van der Waals surface area contributed by atoms with E-state index >= 15 is 0 Å². The van der Waals surface area contributed by atoms with Crippen molar-refractivity contribution in [3.63, 3.8) is 0 Å². The van der Waals surface area contributed by atoms with Gasteiger partial charge in [-0.05, 0) is 36.4 Å². The van der Waals surface area contributed by atoms with Crippen molar-refractivity contribution in [3.05, 3.63) is 96.1 Å². The molecule has 3 aromatic carbocycles. The second-order valence-corrected chi connectivity index (χ2v) is 4.63. The van der Waals surface area contributed by atoms with Crippen LogP contribution in [0.3, 0.4) is 0 Å². The van der Waals surface area contributed by atoms with Gasteiger partial charge in [-0.3, -0.25) is 4.79 Å². The van der Waals surface area contributed by atoms with E-state index in [0.717, 1.165) is 5.75 Å². The van der Waals surface area contributed by atoms with E-state index in [-0.39, 0.29) is 5.78 Å². The van der Waals surface area contributed by atoms with Gasteiger partial charge in [-0.1, -0.05) is 48.5 Å². The summed E-state index contributed by atoms with van der Waals surface area (Å²) in [6.07, 6.45) is 0. The number of para-hydroxylation sites is 1. The number of rotatable bonds is 4. The van der Waals surface area contributed by atoms with Crippen LogP contribution in [0.1, 0.15) is 15.9 Å². The van der Waals surface area contributed by atoms with Crippen molar-refractivity contribution >= 4 is 5.78 Å². The number of carbonyl (C=O) groups is 1. The quantitative estimate of drug-likeness (QED) is 0.644. The van der Waals surface area contributed by atoms with Gasteiger partial charge in [0.2, 0.25) is 0 Å². The standard InChI is InChI=1S/C19H14O2/c20-19(15-7-3-1-4-8-15)16-11-13-18(14-12-16)21-17-9-5-2-6-10-17/h1-14H. The predicted molar refractivity (Wildman–Crippen MR) is 82.8 cm³/mol. The molecule has 0 aliphatic carbocycles. The maximum atomic E-state index is 12.3. The molecule has 0 spiro atoms. The molecule has 0 aliphatic rings. The van der Waals surface area contributed by atoms with Gasteiger partial charge < -0.3 is 4.74 Å². The maximum absolute atomic E-state index is 12.3. The summed E-state index contributed by atoms with van der Waals surface area (Å²) in [5.41, 5.74) is 1.34. The fourth-order valence-electron chi connectivity index (χ4n) is 2.06. The minimum atomic E-state index is 0.0156. The molecule has 102 valence electrons. The average Bonchev–Trinajstić information content (AvgIpc) is 2.57. The topological polar surface area (TPSA) is 26.3 Å². The average molecular weight is 274 g/mol. The Hall–Kier alpha value is -2.87. The number of ketones is 1. The fraction of sp³-hybridized carbons (Fsp3) is 0. The second kappa shape index (κ2) is 6.06. The molecule has 21 heavy (non-hydrogen) atoms. The van der Waals surface area contributed by atoms with Crippen molar-refractivity contribution in [2.24, 2.45) is 0 Å². The minimum Gasteiger partial charge on any atom is -0.457 e. The Balaban J connectivity index is 1.77. The number of hydrogen-bond donors (Lipinski definition) is 0. The molecule has 2 nitrogen and oxygen atoms in total. The van der Waals surface area contributed by atoms with E-state index in [1.807, 2.05) is 72.8 Å². The zero-order valence-electron chi connectivity index (χ0n) is 11.4. The Labute approximate surface area is 123 Å². The molecule has 3 aromatic rings. The van der Waals surface area contributed by atoms with Gasteiger partial charge in [0, 0.05) is 11.1 Å². The monoisotopic (exact) mass is 274 g/mol. The summed E-state index contributed by atoms with van der Waals surface area (Å²) < 4.78 is 5.71. The highest BCUT2D eigenvalue weighted by Crippen LogP contribution is 2.22. The van der Waals surface area contributed by atoms with Gasteiger partial charge in [0.15, 0.2) is 5.78 Å². The molecule has 0 heterocycles. The molecular weight excluding hydrogens is 260 g/mol. The predicted octanol–water partition coefficient (Wildman–Crippen LogP) is 4.71. The Morgan fingerprint density at radius 1 is 0.571 bits per heavy atom. The van der Waals surface area contributed by atoms with Gasteiger partial charge in [-0.15, -0.1) is 0 Å². The minimum absolute atomic E-state index is 0.0156. The number of carbonyl (C=O) groups excluding carboxylic acids is 1. The van der Waals surface area contributed by atoms with E-state index in [4.69, 9.17) is 4.74 Å². The van der Waals surface area contributed by atoms with Crippen LogP contribution in [-0.2, 0) is 0 Å². The lowest BCUT2D eigenvalue weighted by Gasteiger charge is -2.06. The Bertz CT molecular complexity index is 717. The first kappa shape index (κ1) is 13.1. The van der Waals surface area contributed by atoms with Crippen molar-refractivity contribution in [3.8, 4) is 11.5 Å². The third-order valence-corrected chi connectivity index (χ3v) is 3.13. The first-order valence-corrected chi connectivity index (χ1v) is 6.76. The van der Waals surface area contributed by atoms with E-state index in [9.17, 15) is 4.79 Å². The molecule has 0 unspecified atom stereocenters. The number of benzene rings is 3. The summed E-state index contributed by atoms with van der Waals surface area (Å²) >= 11 is 0. The van der Waals surface area contributed by atoms with E-state index in [0.29, 0.717) is 16.9 Å². The molecular formula is C19H14O2. The highest BCUT2D eigenvalue weighted by Gasteiger charge is 2.08. The SMILES string of the molecule is O=C(c1ccccc1)c1ccc(Oc2ccccc2)cc1. The first-order valence-electron chi connectivity index (χ1n) is 6.76. The molecule has 0 aliphatic heterocycles. The molecule has 0 saturated heterocycles. The summed E-state index contributed by atoms with van der Waals surface area (Å²) in [6.45, 7) is 0. The molecule has 0 fully saturated rings. The molecule has 0 atom stereocenters. The lowest BCUT2D eigenvalue weighted by molar-refractivity contribution is 0.103. The maximum Gasteiger partial charge on any atom is 0.193 e. The van der Waals surface area contributed by atoms with E-state index in [1.54, 1.807) is 12.1 Å². The third kappa shape index (κ3) is 3.18. The highest BCUT2D eigenvalue weighted by atomic mass is 16.5. The van der Waals surface area contributed by atoms with Crippen LogP contribution in [0.4, 0.5) is 0 Å². The molecule has 0 saturated carbocycles. The van der Waals surface area contributed by atoms with Crippen LogP contribution in [0.25, 0.3) is 0 Å². The van der Waals surface area contributed by atoms with Gasteiger partial charge in [-0.25, -0.2) is 0 Å². The number of hydrogen-bond acceptors (Lipinski definition) is 2. The van der Waals surface area contributed by atoms with Crippen molar-refractivity contribution in [2.75, 3.05) is 0 Å². The summed E-state index contributed by atoms with van der Waals surface area (Å²) in [6, 6.07) is 26.0. The fourth-order valence-corrected chi connectivity index (χ4v) is 2.06. The lowest BCUT2D eigenvalue weighted by atomic mass is 10.0. The summed E-state index contributed by atoms with van der Waals surface area (Å²) in [4.78, 5) is 12.3. The smallest absolute Gasteiger partial charge is 0.193 e. The molecule has 0 radical (unpaired) electrons. The first-order chi connectivity index (χ1) is 10.3. The second-order valence-electron chi connectivity index (χ2n) is 4.63. The van der Waals surface area contributed by atoms with E-state index in [2.05, 4.69) is 0 Å². The number of ether oxygens (including phenoxy) is 1. The van der Waals surface area contributed by atoms with Crippen LogP contribution in [0.5, 0.6) is 11.5 Å². The van der Waals surface area contributed by atoms with Gasteiger partial charge in [0.1, 0.15) is 11.5 Å². The summed E-state index contributed by atoms with van der Waals surface area (Å²) in [5, 5.41) is 0. The van der Waals surface area contributed by atoms with Gasteiger partial charge in [0.05, 0.1) is 0 Å². The zero-order chi connectivity index (χ0) is 14.5. The van der Waals surface area contributed by atoms with Crippen LogP contribution in [0.2, 0.25) is 0 Å². The molecule has 3 rings (SSSR count). The van der Waals surface area contributed by atoms with Crippen LogP contribution in [-0.4, -0.2) is 5.78 Å². The third-order valence-electron chi connectivity index (χ3n) is 3.13. The van der Waals surface area contributed by atoms with Crippen molar-refractivity contribution < 1.29 is 9.53 Å². The van der Waals surface area contributed by atoms with Crippen molar-refractivity contribution in [1.82, 2.24) is 0 Å². The zero-order valence-corrected chi connectivity index (χ0v) is 11.4. The van der Waals surface area contributed by atoms with Crippen LogP contribution in [0.15, 0.2) is 84.9 Å². The highest BCUT2D eigenvalue weighted by molar-refractivity contribution is 6.08. The lowest BCUT2D eigenvalue weighted by Crippen LogP contribution is -2.00.